The minimum absolute atomic E-state index is 0.103. The minimum Gasteiger partial charge on any atom is -0.384 e. The van der Waals surface area contributed by atoms with E-state index >= 15 is 0 Å². The molecule has 0 aliphatic heterocycles. The molecular weight excluding hydrogens is 222 g/mol. The average molecular weight is 250 g/mol. The van der Waals surface area contributed by atoms with E-state index in [0.717, 1.165) is 32.3 Å². The van der Waals surface area contributed by atoms with E-state index in [4.69, 9.17) is 4.74 Å². The summed E-state index contributed by atoms with van der Waals surface area (Å²) in [6, 6.07) is 0. The SMILES string of the molecule is CC.CC.COCC1(/C=C/C(C)(F)F)CCC1. The Morgan fingerprint density at radius 3 is 1.88 bits per heavy atom. The second-order valence-electron chi connectivity index (χ2n) is 3.94. The molecule has 0 N–H and O–H groups in total. The van der Waals surface area contributed by atoms with E-state index in [1.165, 1.54) is 0 Å². The number of methoxy groups -OCH3 is 1. The van der Waals surface area contributed by atoms with E-state index in [2.05, 4.69) is 0 Å². The Hall–Kier alpha value is -0.440. The molecule has 0 saturated heterocycles. The van der Waals surface area contributed by atoms with Crippen molar-refractivity contribution in [1.82, 2.24) is 0 Å². The number of halogens is 2. The third kappa shape index (κ3) is 8.31. The fourth-order valence-corrected chi connectivity index (χ4v) is 1.60. The maximum absolute atomic E-state index is 12.5. The molecule has 0 spiro atoms. The van der Waals surface area contributed by atoms with Crippen LogP contribution in [0.2, 0.25) is 0 Å². The monoisotopic (exact) mass is 250 g/mol. The normalized spacial score (nSPS) is 17.4. The van der Waals surface area contributed by atoms with Crippen LogP contribution in [0.1, 0.15) is 53.9 Å². The summed E-state index contributed by atoms with van der Waals surface area (Å²) in [4.78, 5) is 0. The first kappa shape index (κ1) is 18.9. The molecule has 1 saturated carbocycles. The molecule has 1 fully saturated rings. The number of alkyl halides is 2. The van der Waals surface area contributed by atoms with E-state index in [-0.39, 0.29) is 5.41 Å². The Morgan fingerprint density at radius 1 is 1.18 bits per heavy atom. The van der Waals surface area contributed by atoms with E-state index in [1.54, 1.807) is 13.2 Å². The van der Waals surface area contributed by atoms with Gasteiger partial charge in [0.05, 0.1) is 6.61 Å². The van der Waals surface area contributed by atoms with Crippen LogP contribution in [0.4, 0.5) is 8.78 Å². The highest BCUT2D eigenvalue weighted by molar-refractivity contribution is 5.07. The molecule has 1 nitrogen and oxygen atoms in total. The van der Waals surface area contributed by atoms with Crippen molar-refractivity contribution in [2.75, 3.05) is 13.7 Å². The van der Waals surface area contributed by atoms with Gasteiger partial charge in [-0.15, -0.1) is 0 Å². The Bertz CT molecular complexity index is 191. The van der Waals surface area contributed by atoms with Crippen LogP contribution < -0.4 is 0 Å². The number of hydrogen-bond acceptors (Lipinski definition) is 1. The molecule has 3 heteroatoms. The fraction of sp³-hybridized carbons (Fsp3) is 0.857. The first-order valence-corrected chi connectivity index (χ1v) is 6.55. The molecule has 0 atom stereocenters. The Kier molecular flexibility index (Phi) is 10.7. The van der Waals surface area contributed by atoms with Gasteiger partial charge in [-0.2, -0.15) is 0 Å². The van der Waals surface area contributed by atoms with Crippen molar-refractivity contribution in [3.05, 3.63) is 12.2 Å². The molecule has 0 aromatic carbocycles. The Labute approximate surface area is 105 Å². The van der Waals surface area contributed by atoms with Crippen LogP contribution in [0.25, 0.3) is 0 Å². The molecule has 1 aliphatic carbocycles. The van der Waals surface area contributed by atoms with Gasteiger partial charge in [0.15, 0.2) is 0 Å². The molecule has 0 aromatic heterocycles. The molecule has 104 valence electrons. The van der Waals surface area contributed by atoms with Gasteiger partial charge in [0, 0.05) is 19.4 Å². The zero-order valence-corrected chi connectivity index (χ0v) is 12.1. The molecule has 1 aliphatic rings. The molecule has 0 bridgehead atoms. The van der Waals surface area contributed by atoms with E-state index in [9.17, 15) is 8.78 Å². The van der Waals surface area contributed by atoms with Crippen LogP contribution in [-0.2, 0) is 4.74 Å². The molecule has 0 amide bonds. The average Bonchev–Trinajstić information content (AvgIpc) is 2.26. The maximum Gasteiger partial charge on any atom is 0.263 e. The van der Waals surface area contributed by atoms with Crippen molar-refractivity contribution in [2.24, 2.45) is 5.41 Å². The molecule has 17 heavy (non-hydrogen) atoms. The summed E-state index contributed by atoms with van der Waals surface area (Å²) in [5, 5.41) is 0. The molecular formula is C14H28F2O. The lowest BCUT2D eigenvalue weighted by Gasteiger charge is -2.38. The highest BCUT2D eigenvalue weighted by Gasteiger charge is 2.35. The second-order valence-corrected chi connectivity index (χ2v) is 3.94. The Morgan fingerprint density at radius 2 is 1.65 bits per heavy atom. The first-order chi connectivity index (χ1) is 7.97. The standard InChI is InChI=1S/C10H16F2O.2C2H6/c1-9(11,12)6-7-10(8-13-2)4-3-5-10;2*1-2/h6-7H,3-5,8H2,1-2H3;2*1-2H3/b7-6+;;. The molecule has 0 unspecified atom stereocenters. The van der Waals surface area contributed by atoms with Crippen LogP contribution in [0.3, 0.4) is 0 Å². The van der Waals surface area contributed by atoms with Crippen LogP contribution >= 0.6 is 0 Å². The molecule has 0 radical (unpaired) electrons. The third-order valence-electron chi connectivity index (χ3n) is 2.51. The summed E-state index contributed by atoms with van der Waals surface area (Å²) in [6.45, 7) is 9.46. The van der Waals surface area contributed by atoms with Gasteiger partial charge in [-0.1, -0.05) is 40.2 Å². The van der Waals surface area contributed by atoms with Crippen molar-refractivity contribution >= 4 is 0 Å². The molecule has 0 aromatic rings. The highest BCUT2D eigenvalue weighted by atomic mass is 19.3. The zero-order valence-electron chi connectivity index (χ0n) is 12.1. The van der Waals surface area contributed by atoms with Gasteiger partial charge in [-0.25, -0.2) is 8.78 Å². The quantitative estimate of drug-likeness (QED) is 0.633. The summed E-state index contributed by atoms with van der Waals surface area (Å²) < 4.78 is 30.1. The van der Waals surface area contributed by atoms with E-state index < -0.39 is 5.92 Å². The van der Waals surface area contributed by atoms with Gasteiger partial charge in [0.25, 0.3) is 5.92 Å². The topological polar surface area (TPSA) is 9.23 Å². The predicted molar refractivity (Wildman–Crippen MR) is 70.6 cm³/mol. The van der Waals surface area contributed by atoms with Gasteiger partial charge in [-0.05, 0) is 18.9 Å². The van der Waals surface area contributed by atoms with E-state index in [0.29, 0.717) is 6.61 Å². The lowest BCUT2D eigenvalue weighted by Crippen LogP contribution is -2.32. The van der Waals surface area contributed by atoms with Crippen LogP contribution in [0.15, 0.2) is 12.2 Å². The maximum atomic E-state index is 12.5. The second kappa shape index (κ2) is 9.58. The number of allylic oxidation sites excluding steroid dienone is 1. The van der Waals surface area contributed by atoms with Gasteiger partial charge in [0.1, 0.15) is 0 Å². The minimum atomic E-state index is -2.70. The highest BCUT2D eigenvalue weighted by Crippen LogP contribution is 2.43. The summed E-state index contributed by atoms with van der Waals surface area (Å²) in [5.74, 6) is -2.70. The largest absolute Gasteiger partial charge is 0.384 e. The van der Waals surface area contributed by atoms with Gasteiger partial charge in [-0.3, -0.25) is 0 Å². The van der Waals surface area contributed by atoms with Crippen molar-refractivity contribution in [3.63, 3.8) is 0 Å². The third-order valence-corrected chi connectivity index (χ3v) is 2.51. The van der Waals surface area contributed by atoms with Crippen LogP contribution in [-0.4, -0.2) is 19.6 Å². The van der Waals surface area contributed by atoms with Crippen molar-refractivity contribution < 1.29 is 13.5 Å². The molecule has 0 heterocycles. The summed E-state index contributed by atoms with van der Waals surface area (Å²) >= 11 is 0. The fourth-order valence-electron chi connectivity index (χ4n) is 1.60. The molecule has 1 rings (SSSR count). The van der Waals surface area contributed by atoms with Crippen LogP contribution in [0, 0.1) is 5.41 Å². The van der Waals surface area contributed by atoms with Crippen LogP contribution in [0.5, 0.6) is 0 Å². The Balaban J connectivity index is 0. The smallest absolute Gasteiger partial charge is 0.263 e. The van der Waals surface area contributed by atoms with E-state index in [1.807, 2.05) is 27.7 Å². The predicted octanol–water partition coefficient (Wildman–Crippen LogP) is 5.07. The first-order valence-electron chi connectivity index (χ1n) is 6.55. The van der Waals surface area contributed by atoms with Crippen molar-refractivity contribution in [3.8, 4) is 0 Å². The summed E-state index contributed by atoms with van der Waals surface area (Å²) in [6.07, 6.45) is 5.66. The van der Waals surface area contributed by atoms with Crippen molar-refractivity contribution in [2.45, 2.75) is 59.8 Å². The number of ether oxygens (including phenoxy) is 1. The van der Waals surface area contributed by atoms with Gasteiger partial charge < -0.3 is 4.74 Å². The zero-order chi connectivity index (χ0) is 13.9. The van der Waals surface area contributed by atoms with Gasteiger partial charge in [0.2, 0.25) is 0 Å². The van der Waals surface area contributed by atoms with Gasteiger partial charge >= 0.3 is 0 Å². The summed E-state index contributed by atoms with van der Waals surface area (Å²) in [5.41, 5.74) is -0.103. The number of hydrogen-bond donors (Lipinski definition) is 0. The lowest BCUT2D eigenvalue weighted by molar-refractivity contribution is 0.0479. The lowest BCUT2D eigenvalue weighted by atomic mass is 9.69. The number of rotatable bonds is 4. The van der Waals surface area contributed by atoms with Crippen molar-refractivity contribution in [1.29, 1.82) is 0 Å². The summed E-state index contributed by atoms with van der Waals surface area (Å²) in [7, 11) is 1.61.